The molecule has 8 rings (SSSR count). The molecule has 4 aliphatic rings. The second-order valence-electron chi connectivity index (χ2n) is 10.7. The number of methoxy groups -OCH3 is 2. The largest absolute Gasteiger partial charge is 0.494 e. The Morgan fingerprint density at radius 2 is 1.74 bits per heavy atom. The first-order chi connectivity index (χ1) is 20.4. The maximum atomic E-state index is 14.1. The van der Waals surface area contributed by atoms with Gasteiger partial charge in [0.25, 0.3) is 5.91 Å². The van der Waals surface area contributed by atoms with Crippen LogP contribution in [0.2, 0.25) is 0 Å². The highest BCUT2D eigenvalue weighted by Crippen LogP contribution is 2.48. The van der Waals surface area contributed by atoms with Gasteiger partial charge in [0.2, 0.25) is 5.88 Å². The highest BCUT2D eigenvalue weighted by Gasteiger charge is 2.47. The number of nitrogens with one attached hydrogen (secondary N) is 1. The van der Waals surface area contributed by atoms with Crippen LogP contribution in [0.5, 0.6) is 5.88 Å². The van der Waals surface area contributed by atoms with Crippen LogP contribution in [0.15, 0.2) is 77.1 Å². The minimum Gasteiger partial charge on any atom is -0.494 e. The predicted octanol–water partition coefficient (Wildman–Crippen LogP) is 2.48. The van der Waals surface area contributed by atoms with Crippen molar-refractivity contribution in [3.63, 3.8) is 0 Å². The van der Waals surface area contributed by atoms with Crippen molar-refractivity contribution in [1.29, 1.82) is 0 Å². The van der Waals surface area contributed by atoms with Crippen LogP contribution in [0.25, 0.3) is 33.4 Å². The number of ether oxygens (including phenoxy) is 2. The minimum atomic E-state index is -0.895. The van der Waals surface area contributed by atoms with Crippen molar-refractivity contribution < 1.29 is 29.0 Å². The number of amides is 1. The molecule has 6 heterocycles. The average Bonchev–Trinajstić information content (AvgIpc) is 3.76. The number of benzene rings is 2. The van der Waals surface area contributed by atoms with Crippen LogP contribution in [-0.4, -0.2) is 57.7 Å². The lowest BCUT2D eigenvalue weighted by Crippen LogP contribution is -2.45. The van der Waals surface area contributed by atoms with E-state index in [2.05, 4.69) is 4.98 Å². The molecule has 4 aromatic rings. The maximum Gasteiger partial charge on any atom is 0.329 e. The van der Waals surface area contributed by atoms with Gasteiger partial charge in [0.15, 0.2) is 0 Å². The molecule has 1 amide bonds. The molecule has 42 heavy (non-hydrogen) atoms. The van der Waals surface area contributed by atoms with Crippen molar-refractivity contribution in [2.75, 3.05) is 14.2 Å². The van der Waals surface area contributed by atoms with Gasteiger partial charge in [0.05, 0.1) is 47.9 Å². The lowest BCUT2D eigenvalue weighted by molar-refractivity contribution is -0.149. The molecule has 0 spiro atoms. The summed E-state index contributed by atoms with van der Waals surface area (Å²) in [6.45, 7) is 0. The van der Waals surface area contributed by atoms with Crippen molar-refractivity contribution in [3.05, 3.63) is 93.8 Å². The lowest BCUT2D eigenvalue weighted by atomic mass is 9.95. The lowest BCUT2D eigenvalue weighted by Gasteiger charge is -2.32. The van der Waals surface area contributed by atoms with Crippen LogP contribution in [0.1, 0.15) is 23.6 Å². The molecule has 0 bridgehead atoms. The zero-order chi connectivity index (χ0) is 28.9. The Bertz CT molecular complexity index is 2110. The highest BCUT2D eigenvalue weighted by atomic mass is 16.5. The smallest absolute Gasteiger partial charge is 0.329 e. The second kappa shape index (κ2) is 8.56. The van der Waals surface area contributed by atoms with Crippen LogP contribution in [-0.2, 0) is 30.3 Å². The van der Waals surface area contributed by atoms with Crippen LogP contribution in [0, 0.1) is 0 Å². The van der Waals surface area contributed by atoms with Crippen molar-refractivity contribution in [2.24, 2.45) is 4.99 Å². The molecular formula is C32H24N4O6. The number of allylic oxidation sites excluding steroid dienone is 2. The fraction of sp³-hybridized carbons (Fsp3) is 0.188. The van der Waals surface area contributed by atoms with E-state index in [4.69, 9.17) is 14.5 Å². The Hall–Kier alpha value is -5.38. The van der Waals surface area contributed by atoms with Gasteiger partial charge in [0.1, 0.15) is 12.1 Å². The fourth-order valence-electron chi connectivity index (χ4n) is 6.82. The predicted molar refractivity (Wildman–Crippen MR) is 151 cm³/mol. The van der Waals surface area contributed by atoms with Crippen LogP contribution >= 0.6 is 0 Å². The zero-order valence-electron chi connectivity index (χ0n) is 22.7. The molecular weight excluding hydrogens is 536 g/mol. The number of hydrogen-bond donors (Lipinski definition) is 2. The average molecular weight is 561 g/mol. The number of esters is 2. The van der Waals surface area contributed by atoms with Crippen molar-refractivity contribution in [3.8, 4) is 17.3 Å². The van der Waals surface area contributed by atoms with Crippen LogP contribution < -0.4 is 10.6 Å². The molecule has 0 radical (unpaired) electrons. The molecule has 2 atom stereocenters. The third-order valence-electron chi connectivity index (χ3n) is 8.71. The second-order valence-corrected chi connectivity index (χ2v) is 10.7. The minimum absolute atomic E-state index is 0.194. The molecule has 10 heteroatoms. The number of hydrogen-bond acceptors (Lipinski definition) is 7. The quantitative estimate of drug-likeness (QED) is 0.371. The van der Waals surface area contributed by atoms with Crippen LogP contribution in [0.4, 0.5) is 0 Å². The van der Waals surface area contributed by atoms with Gasteiger partial charge >= 0.3 is 11.9 Å². The molecule has 10 nitrogen and oxygen atoms in total. The molecule has 2 aromatic carbocycles. The van der Waals surface area contributed by atoms with E-state index in [1.165, 1.54) is 23.7 Å². The normalized spacial score (nSPS) is 20.0. The molecule has 0 fully saturated rings. The SMILES string of the molecule is COC(=O)[C@@H]1CC2=c3ccccc3=NC2=C2C=C(c3cc4n(c3O)[C@H](C(=O)OC)Cc3c-4[nH]c4ccccc34)C(=O)N21. The van der Waals surface area contributed by atoms with Gasteiger partial charge in [-0.05, 0) is 35.4 Å². The Morgan fingerprint density at radius 3 is 2.55 bits per heavy atom. The van der Waals surface area contributed by atoms with E-state index >= 15 is 0 Å². The summed E-state index contributed by atoms with van der Waals surface area (Å²) in [5.74, 6) is -1.74. The first-order valence-electron chi connectivity index (χ1n) is 13.6. The summed E-state index contributed by atoms with van der Waals surface area (Å²) in [5.41, 5.74) is 5.54. The number of nitrogens with zero attached hydrogens (tertiary/aromatic N) is 3. The summed E-state index contributed by atoms with van der Waals surface area (Å²) in [5, 5.41) is 14.3. The highest BCUT2D eigenvalue weighted by molar-refractivity contribution is 6.25. The summed E-state index contributed by atoms with van der Waals surface area (Å²) >= 11 is 0. The monoisotopic (exact) mass is 560 g/mol. The van der Waals surface area contributed by atoms with Gasteiger partial charge in [-0.1, -0.05) is 36.4 Å². The summed E-state index contributed by atoms with van der Waals surface area (Å²) in [6.07, 6.45) is 2.22. The molecule has 0 saturated carbocycles. The van der Waals surface area contributed by atoms with Crippen molar-refractivity contribution in [1.82, 2.24) is 14.5 Å². The first kappa shape index (κ1) is 24.4. The molecule has 4 aliphatic heterocycles. The van der Waals surface area contributed by atoms with Crippen molar-refractivity contribution in [2.45, 2.75) is 24.9 Å². The van der Waals surface area contributed by atoms with E-state index in [0.29, 0.717) is 23.5 Å². The van der Waals surface area contributed by atoms with Gasteiger partial charge in [-0.25, -0.2) is 14.6 Å². The number of carbonyl (C=O) groups is 3. The number of rotatable bonds is 3. The molecule has 2 aromatic heterocycles. The fourth-order valence-corrected chi connectivity index (χ4v) is 6.82. The zero-order valence-corrected chi connectivity index (χ0v) is 22.7. The Labute approximate surface area is 238 Å². The van der Waals surface area contributed by atoms with Gasteiger partial charge in [-0.2, -0.15) is 0 Å². The summed E-state index contributed by atoms with van der Waals surface area (Å²) in [6, 6.07) is 15.4. The summed E-state index contributed by atoms with van der Waals surface area (Å²) in [4.78, 5) is 49.7. The Morgan fingerprint density at radius 1 is 1.00 bits per heavy atom. The Kier molecular flexibility index (Phi) is 4.98. The number of para-hydroxylation sites is 2. The van der Waals surface area contributed by atoms with Gasteiger partial charge < -0.3 is 19.6 Å². The summed E-state index contributed by atoms with van der Waals surface area (Å²) < 4.78 is 11.7. The number of aromatic nitrogens is 2. The topological polar surface area (TPSA) is 126 Å². The molecule has 0 unspecified atom stereocenters. The van der Waals surface area contributed by atoms with E-state index in [0.717, 1.165) is 38.3 Å². The van der Waals surface area contributed by atoms with Gasteiger partial charge in [-0.3, -0.25) is 14.3 Å². The molecule has 208 valence electrons. The van der Waals surface area contributed by atoms with E-state index in [1.54, 1.807) is 12.1 Å². The molecule has 0 saturated heterocycles. The maximum absolute atomic E-state index is 14.1. The first-order valence-corrected chi connectivity index (χ1v) is 13.6. The number of fused-ring (bicyclic) bond motifs is 8. The van der Waals surface area contributed by atoms with Gasteiger partial charge in [-0.15, -0.1) is 0 Å². The number of carbonyl (C=O) groups excluding carboxylic acids is 3. The van der Waals surface area contributed by atoms with E-state index in [9.17, 15) is 19.5 Å². The number of aromatic hydroxyl groups is 1. The summed E-state index contributed by atoms with van der Waals surface area (Å²) in [7, 11) is 2.61. The third-order valence-corrected chi connectivity index (χ3v) is 8.71. The standard InChI is InChI=1S/C32H24N4O6/c1-41-31(39)25-11-17-15-7-3-5-9-21(15)33-27(17)23-13-19(29(37)35(23)25)20-14-24-28-18(16-8-4-6-10-22(16)34-28)12-26(32(40)42-2)36(24)30(20)38/h3-10,13-14,25-26,33,37H,11-12H2,1-2H3/t25-,26-/m0/s1. The number of aromatic amines is 1. The van der Waals surface area contributed by atoms with E-state index < -0.39 is 29.9 Å². The third kappa shape index (κ3) is 3.09. The van der Waals surface area contributed by atoms with Crippen LogP contribution in [0.3, 0.4) is 0 Å². The molecule has 0 aliphatic carbocycles. The van der Waals surface area contributed by atoms with E-state index in [1.807, 2.05) is 48.5 Å². The van der Waals surface area contributed by atoms with Crippen molar-refractivity contribution >= 4 is 39.9 Å². The number of H-pyrrole nitrogens is 1. The molecule has 2 N–H and O–H groups in total. The van der Waals surface area contributed by atoms with Gasteiger partial charge in [0, 0.05) is 34.5 Å². The van der Waals surface area contributed by atoms with E-state index in [-0.39, 0.29) is 23.4 Å². The Balaban J connectivity index is 1.35.